The predicted molar refractivity (Wildman–Crippen MR) is 109 cm³/mol. The Morgan fingerprint density at radius 3 is 2.81 bits per heavy atom. The first kappa shape index (κ1) is 20.3. The Labute approximate surface area is 166 Å². The van der Waals surface area contributed by atoms with Crippen molar-refractivity contribution in [2.24, 2.45) is 0 Å². The number of hydrogen-bond acceptors (Lipinski definition) is 5. The van der Waals surface area contributed by atoms with E-state index in [9.17, 15) is 9.59 Å². The normalized spacial score (nSPS) is 26.5. The van der Waals surface area contributed by atoms with Gasteiger partial charge in [0.1, 0.15) is 6.04 Å². The van der Waals surface area contributed by atoms with Gasteiger partial charge in [0, 0.05) is 56.1 Å². The number of likely N-dealkylation sites (tertiary alicyclic amines) is 1. The molecular formula is C20H32N4O2S. The van der Waals surface area contributed by atoms with Gasteiger partial charge in [-0.1, -0.05) is 6.07 Å². The van der Waals surface area contributed by atoms with E-state index in [1.54, 1.807) is 11.3 Å². The van der Waals surface area contributed by atoms with Crippen LogP contribution in [-0.2, 0) is 16.1 Å². The van der Waals surface area contributed by atoms with Gasteiger partial charge in [-0.15, -0.1) is 11.3 Å². The molecule has 3 rings (SSSR count). The lowest BCUT2D eigenvalue weighted by atomic mass is 10.0. The lowest BCUT2D eigenvalue weighted by Crippen LogP contribution is -2.49. The molecule has 150 valence electrons. The molecule has 2 saturated heterocycles. The fourth-order valence-electron chi connectivity index (χ4n) is 4.45. The number of nitrogens with one attached hydrogen (secondary N) is 1. The maximum absolute atomic E-state index is 12.8. The summed E-state index contributed by atoms with van der Waals surface area (Å²) in [4.78, 5) is 33.0. The molecule has 2 fully saturated rings. The minimum absolute atomic E-state index is 0.0967. The smallest absolute Gasteiger partial charge is 0.239 e. The third-order valence-corrected chi connectivity index (χ3v) is 6.96. The van der Waals surface area contributed by atoms with E-state index in [0.717, 1.165) is 39.0 Å². The SMILES string of the molecule is CCN(CC)C(=O)CC[C@@H]1CNC(=O)[C@H]2[C@@H](CCN2Cc2cccs2)N1C. The van der Waals surface area contributed by atoms with Crippen molar-refractivity contribution in [2.45, 2.75) is 57.8 Å². The molecule has 0 spiro atoms. The van der Waals surface area contributed by atoms with E-state index in [1.165, 1.54) is 4.88 Å². The van der Waals surface area contributed by atoms with Crippen LogP contribution in [0.2, 0.25) is 0 Å². The van der Waals surface area contributed by atoms with E-state index in [-0.39, 0.29) is 29.9 Å². The standard InChI is InChI=1S/C20H32N4O2S/c1-4-23(5-2)18(25)9-8-15-13-21-20(26)19-17(22(15)3)10-11-24(19)14-16-7-6-12-27-16/h6-7,12,15,17,19H,4-5,8-11,13-14H2,1-3H3,(H,21,26)/t15-,17-,19-/m1/s1. The molecular weight excluding hydrogens is 360 g/mol. The number of carbonyl (C=O) groups excluding carboxylic acids is 2. The number of fused-ring (bicyclic) bond motifs is 1. The Morgan fingerprint density at radius 1 is 1.37 bits per heavy atom. The number of rotatable bonds is 7. The molecule has 7 heteroatoms. The fourth-order valence-corrected chi connectivity index (χ4v) is 5.18. The third kappa shape index (κ3) is 4.52. The largest absolute Gasteiger partial charge is 0.353 e. The van der Waals surface area contributed by atoms with Crippen molar-refractivity contribution in [3.63, 3.8) is 0 Å². The molecule has 27 heavy (non-hydrogen) atoms. The van der Waals surface area contributed by atoms with E-state index in [0.29, 0.717) is 13.0 Å². The van der Waals surface area contributed by atoms with Crippen LogP contribution in [0.4, 0.5) is 0 Å². The van der Waals surface area contributed by atoms with Gasteiger partial charge >= 0.3 is 0 Å². The Morgan fingerprint density at radius 2 is 2.15 bits per heavy atom. The van der Waals surface area contributed by atoms with Crippen LogP contribution in [0.5, 0.6) is 0 Å². The molecule has 3 atom stereocenters. The minimum atomic E-state index is -0.0967. The van der Waals surface area contributed by atoms with Crippen LogP contribution in [0.1, 0.15) is 38.0 Å². The second-order valence-electron chi connectivity index (χ2n) is 7.52. The highest BCUT2D eigenvalue weighted by molar-refractivity contribution is 7.09. The Kier molecular flexibility index (Phi) is 6.89. The highest BCUT2D eigenvalue weighted by Gasteiger charge is 2.44. The van der Waals surface area contributed by atoms with Crippen molar-refractivity contribution < 1.29 is 9.59 Å². The highest BCUT2D eigenvalue weighted by Crippen LogP contribution is 2.29. The molecule has 2 amide bonds. The molecule has 0 aromatic carbocycles. The van der Waals surface area contributed by atoms with Gasteiger partial charge in [0.25, 0.3) is 0 Å². The maximum atomic E-state index is 12.8. The minimum Gasteiger partial charge on any atom is -0.353 e. The molecule has 0 aliphatic carbocycles. The number of carbonyl (C=O) groups is 2. The van der Waals surface area contributed by atoms with E-state index >= 15 is 0 Å². The van der Waals surface area contributed by atoms with Crippen molar-refractivity contribution in [2.75, 3.05) is 33.2 Å². The first-order valence-electron chi connectivity index (χ1n) is 10.1. The predicted octanol–water partition coefficient (Wildman–Crippen LogP) is 1.77. The fraction of sp³-hybridized carbons (Fsp3) is 0.700. The maximum Gasteiger partial charge on any atom is 0.239 e. The molecule has 0 saturated carbocycles. The van der Waals surface area contributed by atoms with Crippen LogP contribution >= 0.6 is 11.3 Å². The van der Waals surface area contributed by atoms with E-state index in [1.807, 2.05) is 18.7 Å². The summed E-state index contributed by atoms with van der Waals surface area (Å²) in [6.45, 7) is 7.96. The van der Waals surface area contributed by atoms with Crippen molar-refractivity contribution >= 4 is 23.2 Å². The zero-order valence-electron chi connectivity index (χ0n) is 16.7. The van der Waals surface area contributed by atoms with Gasteiger partial charge in [0.2, 0.25) is 11.8 Å². The molecule has 1 aromatic heterocycles. The average Bonchev–Trinajstić information content (AvgIpc) is 3.30. The molecule has 6 nitrogen and oxygen atoms in total. The third-order valence-electron chi connectivity index (χ3n) is 6.10. The van der Waals surface area contributed by atoms with E-state index in [2.05, 4.69) is 39.7 Å². The van der Waals surface area contributed by atoms with Crippen molar-refractivity contribution in [1.82, 2.24) is 20.0 Å². The van der Waals surface area contributed by atoms with Crippen LogP contribution in [0.15, 0.2) is 17.5 Å². The van der Waals surface area contributed by atoms with Crippen LogP contribution in [0.25, 0.3) is 0 Å². The highest BCUT2D eigenvalue weighted by atomic mass is 32.1. The summed E-state index contributed by atoms with van der Waals surface area (Å²) >= 11 is 1.75. The summed E-state index contributed by atoms with van der Waals surface area (Å²) in [7, 11) is 2.12. The summed E-state index contributed by atoms with van der Waals surface area (Å²) < 4.78 is 0. The zero-order valence-corrected chi connectivity index (χ0v) is 17.5. The van der Waals surface area contributed by atoms with Gasteiger partial charge in [-0.25, -0.2) is 0 Å². The average molecular weight is 393 g/mol. The van der Waals surface area contributed by atoms with Gasteiger partial charge in [-0.05, 0) is 45.2 Å². The van der Waals surface area contributed by atoms with Gasteiger partial charge in [-0.2, -0.15) is 0 Å². The molecule has 1 N–H and O–H groups in total. The Bertz CT molecular complexity index is 632. The quantitative estimate of drug-likeness (QED) is 0.768. The molecule has 2 aliphatic heterocycles. The van der Waals surface area contributed by atoms with E-state index < -0.39 is 0 Å². The number of nitrogens with zero attached hydrogens (tertiary/aromatic N) is 3. The summed E-state index contributed by atoms with van der Waals surface area (Å²) in [6.07, 6.45) is 2.34. The van der Waals surface area contributed by atoms with Gasteiger partial charge < -0.3 is 10.2 Å². The Hall–Kier alpha value is -1.44. The van der Waals surface area contributed by atoms with Crippen LogP contribution < -0.4 is 5.32 Å². The summed E-state index contributed by atoms with van der Waals surface area (Å²) in [5.74, 6) is 0.352. The van der Waals surface area contributed by atoms with Crippen LogP contribution in [-0.4, -0.2) is 77.9 Å². The van der Waals surface area contributed by atoms with Gasteiger partial charge in [0.15, 0.2) is 0 Å². The van der Waals surface area contributed by atoms with E-state index in [4.69, 9.17) is 0 Å². The second-order valence-corrected chi connectivity index (χ2v) is 8.55. The topological polar surface area (TPSA) is 55.9 Å². The van der Waals surface area contributed by atoms with Crippen molar-refractivity contribution in [3.05, 3.63) is 22.4 Å². The monoisotopic (exact) mass is 392 g/mol. The molecule has 0 radical (unpaired) electrons. The summed E-state index contributed by atoms with van der Waals surface area (Å²) in [5.41, 5.74) is 0. The number of amides is 2. The molecule has 3 heterocycles. The summed E-state index contributed by atoms with van der Waals surface area (Å²) in [5, 5.41) is 5.23. The lowest BCUT2D eigenvalue weighted by molar-refractivity contribution is -0.131. The zero-order chi connectivity index (χ0) is 19.4. The first-order valence-corrected chi connectivity index (χ1v) is 11.0. The van der Waals surface area contributed by atoms with Crippen molar-refractivity contribution in [3.8, 4) is 0 Å². The molecule has 0 unspecified atom stereocenters. The Balaban J connectivity index is 1.63. The summed E-state index contributed by atoms with van der Waals surface area (Å²) in [6, 6.07) is 4.54. The molecule has 2 aliphatic rings. The number of thiophene rings is 1. The van der Waals surface area contributed by atoms with Crippen LogP contribution in [0, 0.1) is 0 Å². The lowest BCUT2D eigenvalue weighted by Gasteiger charge is -2.33. The second kappa shape index (κ2) is 9.17. The number of hydrogen-bond donors (Lipinski definition) is 1. The molecule has 0 bridgehead atoms. The van der Waals surface area contributed by atoms with Gasteiger partial charge in [-0.3, -0.25) is 19.4 Å². The van der Waals surface area contributed by atoms with Crippen molar-refractivity contribution in [1.29, 1.82) is 0 Å². The number of likely N-dealkylation sites (N-methyl/N-ethyl adjacent to an activating group) is 1. The van der Waals surface area contributed by atoms with Crippen LogP contribution in [0.3, 0.4) is 0 Å². The molecule has 1 aromatic rings. The van der Waals surface area contributed by atoms with Gasteiger partial charge in [0.05, 0.1) is 0 Å². The first-order chi connectivity index (χ1) is 13.0.